The van der Waals surface area contributed by atoms with Crippen molar-refractivity contribution in [2.45, 2.75) is 36.9 Å². The van der Waals surface area contributed by atoms with Gasteiger partial charge in [0.05, 0.1) is 0 Å². The Morgan fingerprint density at radius 3 is 2.14 bits per heavy atom. The molecule has 152 valence electrons. The summed E-state index contributed by atoms with van der Waals surface area (Å²) < 4.78 is 28.4. The third-order valence-electron chi connectivity index (χ3n) is 4.68. The zero-order valence-electron chi connectivity index (χ0n) is 16.4. The van der Waals surface area contributed by atoms with Crippen LogP contribution in [0.4, 0.5) is 5.69 Å². The van der Waals surface area contributed by atoms with E-state index in [1.807, 2.05) is 38.1 Å². The molecule has 7 heteroatoms. The van der Waals surface area contributed by atoms with Crippen LogP contribution in [0, 0.1) is 0 Å². The van der Waals surface area contributed by atoms with Crippen molar-refractivity contribution in [1.29, 1.82) is 0 Å². The maximum Gasteiger partial charge on any atom is 0.251 e. The lowest BCUT2D eigenvalue weighted by atomic mass is 10.0. The number of carbonyl (C=O) groups excluding carboxylic acids is 1. The molecular weight excluding hydrogens is 404 g/mol. The largest absolute Gasteiger partial charge is 0.324 e. The molecule has 2 N–H and O–H groups in total. The molecule has 3 aromatic rings. The molecule has 0 radical (unpaired) electrons. The second-order valence-electron chi connectivity index (χ2n) is 6.54. The highest BCUT2D eigenvalue weighted by atomic mass is 32.2. The van der Waals surface area contributed by atoms with Gasteiger partial charge in [-0.25, -0.2) is 8.42 Å². The van der Waals surface area contributed by atoms with Crippen LogP contribution in [0.25, 0.3) is 0 Å². The summed E-state index contributed by atoms with van der Waals surface area (Å²) in [5.74, 6) is -0.410. The van der Waals surface area contributed by atoms with Crippen molar-refractivity contribution >= 4 is 33.0 Å². The standard InChI is InChI=1S/C22H24N2O3S2/c1-3-16-12-8-13-17(4-2)20(16)23-22(25)21(18-10-6-5-7-11-18)24-29(26,27)19-14-9-15-28-19/h5-15,21,24H,3-4H2,1-2H3,(H,23,25)/t21-/m1/s1. The molecule has 1 atom stereocenters. The molecule has 0 saturated heterocycles. The van der Waals surface area contributed by atoms with Crippen LogP contribution >= 0.6 is 11.3 Å². The molecule has 0 aliphatic heterocycles. The lowest BCUT2D eigenvalue weighted by Crippen LogP contribution is -2.37. The molecule has 29 heavy (non-hydrogen) atoms. The minimum atomic E-state index is -3.83. The van der Waals surface area contributed by atoms with Gasteiger partial charge in [-0.3, -0.25) is 4.79 Å². The summed E-state index contributed by atoms with van der Waals surface area (Å²) in [6.45, 7) is 4.05. The van der Waals surface area contributed by atoms with E-state index in [4.69, 9.17) is 0 Å². The van der Waals surface area contributed by atoms with Gasteiger partial charge in [-0.2, -0.15) is 4.72 Å². The first-order valence-electron chi connectivity index (χ1n) is 9.48. The monoisotopic (exact) mass is 428 g/mol. The third kappa shape index (κ3) is 4.93. The van der Waals surface area contributed by atoms with Gasteiger partial charge >= 0.3 is 0 Å². The summed E-state index contributed by atoms with van der Waals surface area (Å²) in [5.41, 5.74) is 3.38. The Morgan fingerprint density at radius 1 is 0.931 bits per heavy atom. The summed E-state index contributed by atoms with van der Waals surface area (Å²) in [5, 5.41) is 4.68. The maximum absolute atomic E-state index is 13.3. The Bertz CT molecular complexity index is 1040. The summed E-state index contributed by atoms with van der Waals surface area (Å²) in [7, 11) is -3.83. The minimum absolute atomic E-state index is 0.175. The summed E-state index contributed by atoms with van der Waals surface area (Å²) in [6.07, 6.45) is 1.53. The quantitative estimate of drug-likeness (QED) is 0.553. The average Bonchev–Trinajstić information content (AvgIpc) is 3.29. The van der Waals surface area contributed by atoms with Gasteiger partial charge in [-0.15, -0.1) is 11.3 Å². The van der Waals surface area contributed by atoms with E-state index < -0.39 is 22.0 Å². The number of nitrogens with one attached hydrogen (secondary N) is 2. The smallest absolute Gasteiger partial charge is 0.251 e. The van der Waals surface area contributed by atoms with Gasteiger partial charge in [0.2, 0.25) is 5.91 Å². The number of carbonyl (C=O) groups is 1. The van der Waals surface area contributed by atoms with E-state index in [-0.39, 0.29) is 4.21 Å². The zero-order chi connectivity index (χ0) is 20.9. The van der Waals surface area contributed by atoms with Crippen LogP contribution in [0.3, 0.4) is 0 Å². The van der Waals surface area contributed by atoms with Crippen LogP contribution in [0.5, 0.6) is 0 Å². The van der Waals surface area contributed by atoms with Gasteiger partial charge in [-0.05, 0) is 41.0 Å². The summed E-state index contributed by atoms with van der Waals surface area (Å²) in [6, 6.07) is 17.0. The Kier molecular flexibility index (Phi) is 6.84. The van der Waals surface area contributed by atoms with Gasteiger partial charge in [0.25, 0.3) is 10.0 Å². The zero-order valence-corrected chi connectivity index (χ0v) is 18.0. The van der Waals surface area contributed by atoms with Crippen LogP contribution in [0.15, 0.2) is 70.3 Å². The minimum Gasteiger partial charge on any atom is -0.324 e. The van der Waals surface area contributed by atoms with E-state index in [1.54, 1.807) is 35.7 Å². The number of thiophene rings is 1. The third-order valence-corrected chi connectivity index (χ3v) is 7.50. The van der Waals surface area contributed by atoms with Gasteiger partial charge < -0.3 is 5.32 Å². The predicted octanol–water partition coefficient (Wildman–Crippen LogP) is 4.53. The summed E-state index contributed by atoms with van der Waals surface area (Å²) >= 11 is 1.11. The predicted molar refractivity (Wildman–Crippen MR) is 118 cm³/mol. The number of benzene rings is 2. The fourth-order valence-corrected chi connectivity index (χ4v) is 5.34. The highest BCUT2D eigenvalue weighted by Gasteiger charge is 2.28. The molecule has 3 rings (SSSR count). The van der Waals surface area contributed by atoms with Crippen LogP contribution in [-0.4, -0.2) is 14.3 Å². The molecule has 1 amide bonds. The number of rotatable bonds is 8. The molecule has 0 spiro atoms. The molecule has 0 saturated carbocycles. The molecular formula is C22H24N2O3S2. The van der Waals surface area contributed by atoms with Crippen molar-refractivity contribution in [2.75, 3.05) is 5.32 Å². The fraction of sp³-hybridized carbons (Fsp3) is 0.227. The highest BCUT2D eigenvalue weighted by Crippen LogP contribution is 2.26. The molecule has 1 heterocycles. The molecule has 0 aliphatic carbocycles. The number of para-hydroxylation sites is 1. The van der Waals surface area contributed by atoms with Crippen LogP contribution < -0.4 is 10.0 Å². The van der Waals surface area contributed by atoms with Gasteiger partial charge in [0.15, 0.2) is 0 Å². The molecule has 0 aliphatic rings. The lowest BCUT2D eigenvalue weighted by Gasteiger charge is -2.21. The first-order chi connectivity index (χ1) is 14.0. The van der Waals surface area contributed by atoms with Gasteiger partial charge in [0.1, 0.15) is 10.3 Å². The number of anilines is 1. The van der Waals surface area contributed by atoms with E-state index >= 15 is 0 Å². The van der Waals surface area contributed by atoms with E-state index in [9.17, 15) is 13.2 Å². The number of hydrogen-bond donors (Lipinski definition) is 2. The molecule has 0 unspecified atom stereocenters. The first kappa shape index (κ1) is 21.2. The molecule has 1 aromatic heterocycles. The second-order valence-corrected chi connectivity index (χ2v) is 9.43. The van der Waals surface area contributed by atoms with Crippen molar-refractivity contribution in [3.63, 3.8) is 0 Å². The Hall–Kier alpha value is -2.48. The summed E-state index contributed by atoms with van der Waals surface area (Å²) in [4.78, 5) is 13.3. The molecule has 0 bridgehead atoms. The van der Waals surface area contributed by atoms with E-state index in [0.29, 0.717) is 5.56 Å². The number of aryl methyl sites for hydroxylation is 2. The van der Waals surface area contributed by atoms with E-state index in [0.717, 1.165) is 41.0 Å². The molecule has 5 nitrogen and oxygen atoms in total. The highest BCUT2D eigenvalue weighted by molar-refractivity contribution is 7.91. The average molecular weight is 429 g/mol. The van der Waals surface area contributed by atoms with Crippen LogP contribution in [0.1, 0.15) is 36.6 Å². The Balaban J connectivity index is 1.96. The van der Waals surface area contributed by atoms with E-state index in [2.05, 4.69) is 10.0 Å². The number of hydrogen-bond acceptors (Lipinski definition) is 4. The maximum atomic E-state index is 13.3. The topological polar surface area (TPSA) is 75.3 Å². The van der Waals surface area contributed by atoms with Crippen LogP contribution in [-0.2, 0) is 27.7 Å². The molecule has 2 aromatic carbocycles. The van der Waals surface area contributed by atoms with Crippen LogP contribution in [0.2, 0.25) is 0 Å². The van der Waals surface area contributed by atoms with Crippen molar-refractivity contribution < 1.29 is 13.2 Å². The van der Waals surface area contributed by atoms with Crippen molar-refractivity contribution in [3.05, 3.63) is 82.7 Å². The normalized spacial score (nSPS) is 12.5. The fourth-order valence-electron chi connectivity index (χ4n) is 3.15. The number of amides is 1. The number of sulfonamides is 1. The van der Waals surface area contributed by atoms with Crippen molar-refractivity contribution in [1.82, 2.24) is 4.72 Å². The SMILES string of the molecule is CCc1cccc(CC)c1NC(=O)[C@H](NS(=O)(=O)c1cccs1)c1ccccc1. The second kappa shape index (κ2) is 9.35. The molecule has 0 fully saturated rings. The van der Waals surface area contributed by atoms with Crippen molar-refractivity contribution in [2.24, 2.45) is 0 Å². The van der Waals surface area contributed by atoms with Gasteiger partial charge in [-0.1, -0.05) is 68.4 Å². The Morgan fingerprint density at radius 2 is 1.59 bits per heavy atom. The Labute approximate surface area is 175 Å². The van der Waals surface area contributed by atoms with Gasteiger partial charge in [0, 0.05) is 5.69 Å². The van der Waals surface area contributed by atoms with Crippen molar-refractivity contribution in [3.8, 4) is 0 Å². The van der Waals surface area contributed by atoms with E-state index in [1.165, 1.54) is 6.07 Å². The lowest BCUT2D eigenvalue weighted by molar-refractivity contribution is -0.117. The first-order valence-corrected chi connectivity index (χ1v) is 11.8.